The van der Waals surface area contributed by atoms with Gasteiger partial charge in [-0.1, -0.05) is 27.2 Å². The zero-order chi connectivity index (χ0) is 12.4. The third kappa shape index (κ3) is 2.60. The Kier molecular flexibility index (Phi) is 4.07. The second kappa shape index (κ2) is 4.66. The van der Waals surface area contributed by atoms with Gasteiger partial charge in [-0.25, -0.2) is 0 Å². The molecule has 0 aromatic rings. The van der Waals surface area contributed by atoms with Crippen molar-refractivity contribution in [1.82, 2.24) is 0 Å². The molecule has 1 rings (SSSR count). The summed E-state index contributed by atoms with van der Waals surface area (Å²) in [5.74, 6) is 0. The highest BCUT2D eigenvalue weighted by Crippen LogP contribution is 2.51. The topological polar surface area (TPSA) is 46.2 Å². The van der Waals surface area contributed by atoms with Crippen LogP contribution in [-0.4, -0.2) is 17.3 Å². The normalized spacial score (nSPS) is 27.4. The molecule has 0 saturated heterocycles. The van der Waals surface area contributed by atoms with Gasteiger partial charge in [-0.05, 0) is 44.4 Å². The maximum absolute atomic E-state index is 10.7. The van der Waals surface area contributed by atoms with E-state index in [1.807, 2.05) is 6.92 Å². The van der Waals surface area contributed by atoms with Gasteiger partial charge in [0, 0.05) is 12.0 Å². The van der Waals surface area contributed by atoms with E-state index in [4.69, 9.17) is 5.73 Å². The highest BCUT2D eigenvalue weighted by molar-refractivity contribution is 5.00. The fourth-order valence-electron chi connectivity index (χ4n) is 3.12. The first-order chi connectivity index (χ1) is 7.29. The van der Waals surface area contributed by atoms with Gasteiger partial charge in [0.25, 0.3) is 0 Å². The van der Waals surface area contributed by atoms with E-state index in [-0.39, 0.29) is 5.41 Å². The van der Waals surface area contributed by atoms with Crippen LogP contribution in [0, 0.1) is 10.8 Å². The number of nitrogens with two attached hydrogens (primary N) is 1. The van der Waals surface area contributed by atoms with E-state index in [9.17, 15) is 5.11 Å². The summed E-state index contributed by atoms with van der Waals surface area (Å²) in [5, 5.41) is 10.7. The molecule has 0 aliphatic heterocycles. The summed E-state index contributed by atoms with van der Waals surface area (Å²) in [4.78, 5) is 0. The van der Waals surface area contributed by atoms with Crippen molar-refractivity contribution < 1.29 is 5.11 Å². The molecule has 0 bridgehead atoms. The lowest BCUT2D eigenvalue weighted by Crippen LogP contribution is -2.53. The lowest BCUT2D eigenvalue weighted by atomic mass is 9.58. The maximum atomic E-state index is 10.7. The summed E-state index contributed by atoms with van der Waals surface area (Å²) in [6, 6.07) is 0. The highest BCUT2D eigenvalue weighted by Gasteiger charge is 2.48. The zero-order valence-electron chi connectivity index (χ0n) is 11.5. The van der Waals surface area contributed by atoms with Crippen LogP contribution in [0.25, 0.3) is 0 Å². The monoisotopic (exact) mass is 227 g/mol. The van der Waals surface area contributed by atoms with Crippen molar-refractivity contribution in [1.29, 1.82) is 0 Å². The molecule has 0 spiro atoms. The molecule has 1 aliphatic carbocycles. The van der Waals surface area contributed by atoms with Crippen LogP contribution < -0.4 is 5.73 Å². The number of rotatable bonds is 4. The molecule has 0 aromatic carbocycles. The van der Waals surface area contributed by atoms with Gasteiger partial charge in [-0.15, -0.1) is 0 Å². The van der Waals surface area contributed by atoms with Crippen LogP contribution in [0.2, 0.25) is 0 Å². The molecule has 1 atom stereocenters. The van der Waals surface area contributed by atoms with Crippen LogP contribution in [0.5, 0.6) is 0 Å². The Morgan fingerprint density at radius 3 is 2.06 bits per heavy atom. The molecule has 1 unspecified atom stereocenters. The van der Waals surface area contributed by atoms with Crippen molar-refractivity contribution in [3.8, 4) is 0 Å². The molecule has 0 aromatic heterocycles. The zero-order valence-corrected chi connectivity index (χ0v) is 11.5. The average molecular weight is 227 g/mol. The predicted octanol–water partition coefficient (Wildman–Crippen LogP) is 3.08. The molecule has 2 heteroatoms. The molecule has 3 N–H and O–H groups in total. The molecule has 16 heavy (non-hydrogen) atoms. The number of hydrogen-bond donors (Lipinski definition) is 2. The SMILES string of the molecule is CCCC(C)(O)C1(CN)CCC(C)(C)CC1. The maximum Gasteiger partial charge on any atom is 0.0687 e. The second-order valence-corrected chi connectivity index (χ2v) is 6.67. The second-order valence-electron chi connectivity index (χ2n) is 6.67. The van der Waals surface area contributed by atoms with Crippen LogP contribution in [0.15, 0.2) is 0 Å². The minimum atomic E-state index is -0.590. The van der Waals surface area contributed by atoms with Crippen molar-refractivity contribution in [2.75, 3.05) is 6.54 Å². The van der Waals surface area contributed by atoms with Crippen molar-refractivity contribution in [3.05, 3.63) is 0 Å². The fraction of sp³-hybridized carbons (Fsp3) is 1.00. The van der Waals surface area contributed by atoms with Crippen LogP contribution in [0.4, 0.5) is 0 Å². The van der Waals surface area contributed by atoms with E-state index in [0.717, 1.165) is 25.7 Å². The van der Waals surface area contributed by atoms with Gasteiger partial charge >= 0.3 is 0 Å². The molecule has 1 fully saturated rings. The van der Waals surface area contributed by atoms with Gasteiger partial charge in [-0.3, -0.25) is 0 Å². The third-order valence-electron chi connectivity index (χ3n) is 4.83. The minimum absolute atomic E-state index is 0.0431. The van der Waals surface area contributed by atoms with Crippen LogP contribution in [0.3, 0.4) is 0 Å². The first kappa shape index (κ1) is 14.0. The number of aliphatic hydroxyl groups is 1. The van der Waals surface area contributed by atoms with E-state index >= 15 is 0 Å². The van der Waals surface area contributed by atoms with E-state index in [0.29, 0.717) is 12.0 Å². The summed E-state index contributed by atoms with van der Waals surface area (Å²) >= 11 is 0. The quantitative estimate of drug-likeness (QED) is 0.775. The Hall–Kier alpha value is -0.0800. The Morgan fingerprint density at radius 1 is 1.19 bits per heavy atom. The van der Waals surface area contributed by atoms with E-state index < -0.39 is 5.60 Å². The fourth-order valence-corrected chi connectivity index (χ4v) is 3.12. The van der Waals surface area contributed by atoms with Crippen LogP contribution in [-0.2, 0) is 0 Å². The summed E-state index contributed by atoms with van der Waals surface area (Å²) in [7, 11) is 0. The summed E-state index contributed by atoms with van der Waals surface area (Å²) < 4.78 is 0. The summed E-state index contributed by atoms with van der Waals surface area (Å²) in [5.41, 5.74) is 5.78. The van der Waals surface area contributed by atoms with Gasteiger partial charge in [-0.2, -0.15) is 0 Å². The first-order valence-electron chi connectivity index (χ1n) is 6.71. The molecule has 0 amide bonds. The average Bonchev–Trinajstić information content (AvgIpc) is 2.18. The largest absolute Gasteiger partial charge is 0.390 e. The first-order valence-corrected chi connectivity index (χ1v) is 6.71. The summed E-state index contributed by atoms with van der Waals surface area (Å²) in [6.07, 6.45) is 6.41. The lowest BCUT2D eigenvalue weighted by molar-refractivity contribution is -0.104. The smallest absolute Gasteiger partial charge is 0.0687 e. The molecule has 0 radical (unpaired) electrons. The molecule has 1 aliphatic rings. The molecular weight excluding hydrogens is 198 g/mol. The molecule has 1 saturated carbocycles. The standard InChI is InChI=1S/C14H29NO/c1-5-6-13(4,16)14(11-15)9-7-12(2,3)8-10-14/h16H,5-11,15H2,1-4H3. The molecule has 2 nitrogen and oxygen atoms in total. The highest BCUT2D eigenvalue weighted by atomic mass is 16.3. The molecular formula is C14H29NO. The summed E-state index contributed by atoms with van der Waals surface area (Å²) in [6.45, 7) is 9.38. The predicted molar refractivity (Wildman–Crippen MR) is 69.3 cm³/mol. The van der Waals surface area contributed by atoms with Gasteiger partial charge in [0.2, 0.25) is 0 Å². The van der Waals surface area contributed by atoms with Gasteiger partial charge < -0.3 is 10.8 Å². The van der Waals surface area contributed by atoms with E-state index in [2.05, 4.69) is 20.8 Å². The van der Waals surface area contributed by atoms with E-state index in [1.165, 1.54) is 12.8 Å². The van der Waals surface area contributed by atoms with E-state index in [1.54, 1.807) is 0 Å². The Labute approximate surface area is 101 Å². The Balaban J connectivity index is 2.80. The van der Waals surface area contributed by atoms with Crippen LogP contribution >= 0.6 is 0 Å². The third-order valence-corrected chi connectivity index (χ3v) is 4.83. The Morgan fingerprint density at radius 2 is 1.69 bits per heavy atom. The van der Waals surface area contributed by atoms with Gasteiger partial charge in [0.15, 0.2) is 0 Å². The Bertz CT molecular complexity index is 223. The van der Waals surface area contributed by atoms with Gasteiger partial charge in [0.1, 0.15) is 0 Å². The number of hydrogen-bond acceptors (Lipinski definition) is 2. The molecule has 96 valence electrons. The van der Waals surface area contributed by atoms with Crippen molar-refractivity contribution in [2.45, 2.75) is 71.8 Å². The van der Waals surface area contributed by atoms with Gasteiger partial charge in [0.05, 0.1) is 5.60 Å². The van der Waals surface area contributed by atoms with Crippen molar-refractivity contribution in [2.24, 2.45) is 16.6 Å². The van der Waals surface area contributed by atoms with Crippen molar-refractivity contribution >= 4 is 0 Å². The lowest BCUT2D eigenvalue weighted by Gasteiger charge is -2.51. The minimum Gasteiger partial charge on any atom is -0.390 e. The van der Waals surface area contributed by atoms with Crippen LogP contribution in [0.1, 0.15) is 66.2 Å². The molecule has 0 heterocycles. The van der Waals surface area contributed by atoms with Crippen molar-refractivity contribution in [3.63, 3.8) is 0 Å².